The van der Waals surface area contributed by atoms with Gasteiger partial charge in [0.05, 0.1) is 33.5 Å². The molecule has 0 fully saturated rings. The molecule has 0 aliphatic carbocycles. The lowest BCUT2D eigenvalue weighted by Gasteiger charge is -2.21. The van der Waals surface area contributed by atoms with Gasteiger partial charge in [-0.3, -0.25) is 0 Å². The highest BCUT2D eigenvalue weighted by molar-refractivity contribution is 6.25. The van der Waals surface area contributed by atoms with Crippen molar-refractivity contribution in [1.82, 2.24) is 14.5 Å². The van der Waals surface area contributed by atoms with Gasteiger partial charge in [0.2, 0.25) is 0 Å². The first-order valence-corrected chi connectivity index (χ1v) is 21.2. The Labute approximate surface area is 361 Å². The molecule has 0 saturated heterocycles. The molecular formula is C58H35N3O2. The third-order valence-corrected chi connectivity index (χ3v) is 12.4. The Hall–Kier alpha value is -8.54. The lowest BCUT2D eigenvalue weighted by molar-refractivity contribution is 0.658. The Morgan fingerprint density at radius 1 is 0.333 bits per heavy atom. The second kappa shape index (κ2) is 14.0. The summed E-state index contributed by atoms with van der Waals surface area (Å²) in [4.78, 5) is 10.4. The maximum atomic E-state index is 6.94. The number of rotatable bonds is 6. The molecule has 0 saturated carbocycles. The number of hydrogen-bond acceptors (Lipinski definition) is 4. The van der Waals surface area contributed by atoms with E-state index in [0.29, 0.717) is 5.82 Å². The molecule has 294 valence electrons. The van der Waals surface area contributed by atoms with Gasteiger partial charge in [0.25, 0.3) is 0 Å². The van der Waals surface area contributed by atoms with Crippen LogP contribution in [0.5, 0.6) is 0 Å². The van der Waals surface area contributed by atoms with E-state index in [1.165, 1.54) is 0 Å². The summed E-state index contributed by atoms with van der Waals surface area (Å²) in [5.41, 5.74) is 15.6. The lowest BCUT2D eigenvalue weighted by atomic mass is 9.91. The summed E-state index contributed by atoms with van der Waals surface area (Å²) in [6.45, 7) is 0. The van der Waals surface area contributed by atoms with Crippen LogP contribution in [0.15, 0.2) is 221 Å². The fourth-order valence-electron chi connectivity index (χ4n) is 9.51. The van der Waals surface area contributed by atoms with Crippen LogP contribution in [0.2, 0.25) is 0 Å². The van der Waals surface area contributed by atoms with Crippen LogP contribution >= 0.6 is 0 Å². The molecule has 0 unspecified atom stereocenters. The Morgan fingerprint density at radius 3 is 1.56 bits per heavy atom. The summed E-state index contributed by atoms with van der Waals surface area (Å²) >= 11 is 0. The van der Waals surface area contributed by atoms with Crippen molar-refractivity contribution in [3.8, 4) is 61.8 Å². The zero-order valence-corrected chi connectivity index (χ0v) is 33.9. The molecule has 0 aliphatic heterocycles. The molecule has 13 rings (SSSR count). The van der Waals surface area contributed by atoms with Crippen LogP contribution < -0.4 is 0 Å². The van der Waals surface area contributed by atoms with Crippen LogP contribution in [0.3, 0.4) is 0 Å². The zero-order valence-electron chi connectivity index (χ0n) is 33.9. The molecule has 0 atom stereocenters. The highest BCUT2D eigenvalue weighted by Gasteiger charge is 2.25. The van der Waals surface area contributed by atoms with Gasteiger partial charge < -0.3 is 13.4 Å². The molecule has 0 amide bonds. The quantitative estimate of drug-likeness (QED) is 0.168. The fraction of sp³-hybridized carbons (Fsp3) is 0. The third kappa shape index (κ3) is 5.64. The summed E-state index contributed by atoms with van der Waals surface area (Å²) in [5.74, 6) is 0.678. The van der Waals surface area contributed by atoms with Gasteiger partial charge in [-0.25, -0.2) is 9.97 Å². The Morgan fingerprint density at radius 2 is 0.873 bits per heavy atom. The monoisotopic (exact) mass is 805 g/mol. The normalized spacial score (nSPS) is 11.8. The summed E-state index contributed by atoms with van der Waals surface area (Å²) in [5, 5.41) is 6.50. The van der Waals surface area contributed by atoms with Crippen molar-refractivity contribution in [1.29, 1.82) is 0 Å². The van der Waals surface area contributed by atoms with Crippen molar-refractivity contribution < 1.29 is 8.83 Å². The van der Waals surface area contributed by atoms with E-state index in [-0.39, 0.29) is 0 Å². The van der Waals surface area contributed by atoms with E-state index in [0.717, 1.165) is 122 Å². The number of hydrogen-bond donors (Lipinski definition) is 0. The third-order valence-electron chi connectivity index (χ3n) is 12.4. The van der Waals surface area contributed by atoms with E-state index in [1.54, 1.807) is 0 Å². The topological polar surface area (TPSA) is 57.0 Å². The van der Waals surface area contributed by atoms with Gasteiger partial charge in [0.15, 0.2) is 5.82 Å². The van der Waals surface area contributed by atoms with Crippen LogP contribution in [-0.4, -0.2) is 14.5 Å². The summed E-state index contributed by atoms with van der Waals surface area (Å²) in [6.07, 6.45) is 0. The average Bonchev–Trinajstić information content (AvgIpc) is 4.02. The smallest absolute Gasteiger partial charge is 0.160 e. The number of aromatic nitrogens is 3. The van der Waals surface area contributed by atoms with Crippen LogP contribution in [-0.2, 0) is 0 Å². The van der Waals surface area contributed by atoms with E-state index in [1.807, 2.05) is 36.4 Å². The number of furan rings is 2. The van der Waals surface area contributed by atoms with Gasteiger partial charge in [-0.2, -0.15) is 0 Å². The average molecular weight is 806 g/mol. The Balaban J connectivity index is 1.12. The predicted octanol–water partition coefficient (Wildman–Crippen LogP) is 15.7. The molecule has 0 radical (unpaired) electrons. The number of benzene rings is 9. The van der Waals surface area contributed by atoms with Crippen molar-refractivity contribution in [2.24, 2.45) is 0 Å². The van der Waals surface area contributed by atoms with E-state index < -0.39 is 0 Å². The molecule has 0 aliphatic rings. The summed E-state index contributed by atoms with van der Waals surface area (Å²) < 4.78 is 15.7. The molecule has 5 heteroatoms. The second-order valence-electron chi connectivity index (χ2n) is 16.1. The van der Waals surface area contributed by atoms with Crippen molar-refractivity contribution in [2.45, 2.75) is 0 Å². The van der Waals surface area contributed by atoms with E-state index >= 15 is 0 Å². The van der Waals surface area contributed by atoms with Crippen molar-refractivity contribution in [3.63, 3.8) is 0 Å². The van der Waals surface area contributed by atoms with Gasteiger partial charge in [-0.05, 0) is 59.7 Å². The minimum Gasteiger partial charge on any atom is -0.456 e. The second-order valence-corrected chi connectivity index (χ2v) is 16.1. The van der Waals surface area contributed by atoms with Gasteiger partial charge in [-0.1, -0.05) is 158 Å². The highest BCUT2D eigenvalue weighted by atomic mass is 16.3. The first kappa shape index (κ1) is 35.2. The van der Waals surface area contributed by atoms with E-state index in [2.05, 4.69) is 180 Å². The summed E-state index contributed by atoms with van der Waals surface area (Å²) in [6, 6.07) is 74.4. The lowest BCUT2D eigenvalue weighted by Crippen LogP contribution is -2.02. The molecular weight excluding hydrogens is 771 g/mol. The van der Waals surface area contributed by atoms with E-state index in [4.69, 9.17) is 18.8 Å². The Kier molecular flexibility index (Phi) is 7.84. The molecule has 13 aromatic rings. The molecule has 0 N–H and O–H groups in total. The van der Waals surface area contributed by atoms with Crippen molar-refractivity contribution >= 4 is 65.7 Å². The standard InChI is InChI=1S/C58H35N3O2/c1-5-17-36(18-6-1)44-31-40(49-34-48(38-21-9-3-10-22-38)59-58(60-49)39-23-11-4-12-24-39)32-45(37-19-7-2-8-20-37)56(44)61-50-27-15-13-26-43(50)55-51(61)30-29-42-47-33-46-41-25-14-16-28-52(41)62-53(46)35-54(47)63-57(42)55/h1-35H. The van der Waals surface area contributed by atoms with Crippen LogP contribution in [0.4, 0.5) is 0 Å². The molecule has 4 aromatic heterocycles. The van der Waals surface area contributed by atoms with Crippen molar-refractivity contribution in [2.75, 3.05) is 0 Å². The highest BCUT2D eigenvalue weighted by Crippen LogP contribution is 2.47. The number of para-hydroxylation sites is 2. The van der Waals surface area contributed by atoms with E-state index in [9.17, 15) is 0 Å². The Bertz CT molecular complexity index is 3770. The van der Waals surface area contributed by atoms with Gasteiger partial charge in [-0.15, -0.1) is 0 Å². The summed E-state index contributed by atoms with van der Waals surface area (Å²) in [7, 11) is 0. The van der Waals surface area contributed by atoms with Crippen molar-refractivity contribution in [3.05, 3.63) is 212 Å². The minimum absolute atomic E-state index is 0.678. The predicted molar refractivity (Wildman–Crippen MR) is 258 cm³/mol. The van der Waals surface area contributed by atoms with Crippen LogP contribution in [0.1, 0.15) is 0 Å². The van der Waals surface area contributed by atoms with Gasteiger partial charge in [0.1, 0.15) is 22.3 Å². The molecule has 5 nitrogen and oxygen atoms in total. The van der Waals surface area contributed by atoms with Crippen LogP contribution in [0.25, 0.3) is 128 Å². The van der Waals surface area contributed by atoms with Crippen LogP contribution in [0, 0.1) is 0 Å². The fourth-order valence-corrected chi connectivity index (χ4v) is 9.51. The maximum Gasteiger partial charge on any atom is 0.160 e. The largest absolute Gasteiger partial charge is 0.456 e. The minimum atomic E-state index is 0.678. The molecule has 0 bridgehead atoms. The zero-order chi connectivity index (χ0) is 41.4. The number of fused-ring (bicyclic) bond motifs is 10. The first-order chi connectivity index (χ1) is 31.2. The maximum absolute atomic E-state index is 6.94. The first-order valence-electron chi connectivity index (χ1n) is 21.2. The number of nitrogens with zero attached hydrogens (tertiary/aromatic N) is 3. The SMILES string of the molecule is c1ccc(-c2cc(-c3cc(-c4ccccc4)c(-n4c5ccccc5c5c6oc7cc8oc9ccccc9c8cc7c6ccc54)c(-c4ccccc4)c3)nc(-c3ccccc3)n2)cc1. The molecule has 0 spiro atoms. The van der Waals surface area contributed by atoms with Gasteiger partial charge >= 0.3 is 0 Å². The molecule has 9 aromatic carbocycles. The molecule has 63 heavy (non-hydrogen) atoms. The molecule has 4 heterocycles. The van der Waals surface area contributed by atoms with Gasteiger partial charge in [0, 0.05) is 60.8 Å².